The Labute approximate surface area is 135 Å². The number of ether oxygens (including phenoxy) is 2. The normalized spacial score (nSPS) is 20.9. The molecule has 3 nitrogen and oxygen atoms in total. The summed E-state index contributed by atoms with van der Waals surface area (Å²) in [4.78, 5) is 0. The summed E-state index contributed by atoms with van der Waals surface area (Å²) in [5.41, 5.74) is 1.19. The highest BCUT2D eigenvalue weighted by Crippen LogP contribution is 2.44. The van der Waals surface area contributed by atoms with Gasteiger partial charge < -0.3 is 14.8 Å². The second kappa shape index (κ2) is 7.36. The number of benzene rings is 1. The first-order valence-electron chi connectivity index (χ1n) is 8.80. The molecule has 0 saturated carbocycles. The van der Waals surface area contributed by atoms with Crippen molar-refractivity contribution < 1.29 is 9.47 Å². The minimum absolute atomic E-state index is 0.0427. The molecule has 0 fully saturated rings. The van der Waals surface area contributed by atoms with Gasteiger partial charge in [-0.1, -0.05) is 27.7 Å². The lowest BCUT2D eigenvalue weighted by molar-refractivity contribution is 0.0228. The van der Waals surface area contributed by atoms with Crippen LogP contribution in [0.5, 0.6) is 11.5 Å². The van der Waals surface area contributed by atoms with Crippen LogP contribution >= 0.6 is 0 Å². The first-order chi connectivity index (χ1) is 10.6. The monoisotopic (exact) mass is 305 g/mol. The van der Waals surface area contributed by atoms with Gasteiger partial charge in [-0.25, -0.2) is 0 Å². The van der Waals surface area contributed by atoms with E-state index >= 15 is 0 Å². The van der Waals surface area contributed by atoms with Crippen molar-refractivity contribution in [1.29, 1.82) is 0 Å². The second-order valence-electron chi connectivity index (χ2n) is 6.34. The zero-order valence-electron chi connectivity index (χ0n) is 14.7. The fourth-order valence-electron chi connectivity index (χ4n) is 3.15. The third-order valence-electron chi connectivity index (χ3n) is 4.91. The molecular formula is C19H31NO2. The standard InChI is InChI=1S/C19H31NO2/c1-6-14(5)21-15-10-11-18-16(12-15)17(20-9-4)13-19(7-2,8-3)22-18/h10-12,14,17,20H,6-9,13H2,1-5H3. The third kappa shape index (κ3) is 3.57. The van der Waals surface area contributed by atoms with E-state index in [1.807, 2.05) is 6.07 Å². The molecule has 3 heteroatoms. The number of rotatable bonds is 7. The molecule has 1 heterocycles. The minimum Gasteiger partial charge on any atom is -0.491 e. The molecule has 0 bridgehead atoms. The highest BCUT2D eigenvalue weighted by atomic mass is 16.5. The van der Waals surface area contributed by atoms with Crippen LogP contribution in [0.4, 0.5) is 0 Å². The van der Waals surface area contributed by atoms with Crippen molar-refractivity contribution in [1.82, 2.24) is 5.32 Å². The maximum absolute atomic E-state index is 6.39. The summed E-state index contributed by atoms with van der Waals surface area (Å²) >= 11 is 0. The van der Waals surface area contributed by atoms with Gasteiger partial charge in [0.05, 0.1) is 6.10 Å². The Morgan fingerprint density at radius 3 is 2.59 bits per heavy atom. The van der Waals surface area contributed by atoms with Gasteiger partial charge in [0, 0.05) is 18.0 Å². The molecule has 0 amide bonds. The molecule has 0 saturated heterocycles. The molecule has 0 aromatic heterocycles. The van der Waals surface area contributed by atoms with Gasteiger partial charge in [0.25, 0.3) is 0 Å². The summed E-state index contributed by atoms with van der Waals surface area (Å²) in [6.07, 6.45) is 4.35. The van der Waals surface area contributed by atoms with E-state index < -0.39 is 0 Å². The first kappa shape index (κ1) is 17.1. The molecule has 1 aliphatic rings. The summed E-state index contributed by atoms with van der Waals surface area (Å²) in [7, 11) is 0. The molecule has 1 aliphatic heterocycles. The van der Waals surface area contributed by atoms with Crippen LogP contribution < -0.4 is 14.8 Å². The summed E-state index contributed by atoms with van der Waals surface area (Å²) in [5, 5.41) is 3.62. The van der Waals surface area contributed by atoms with Crippen molar-refractivity contribution in [2.24, 2.45) is 0 Å². The van der Waals surface area contributed by atoms with Gasteiger partial charge in [-0.2, -0.15) is 0 Å². The Balaban J connectivity index is 2.32. The van der Waals surface area contributed by atoms with Gasteiger partial charge in [-0.05, 0) is 50.9 Å². The topological polar surface area (TPSA) is 30.5 Å². The Kier molecular flexibility index (Phi) is 5.74. The zero-order chi connectivity index (χ0) is 16.2. The van der Waals surface area contributed by atoms with Gasteiger partial charge >= 0.3 is 0 Å². The quantitative estimate of drug-likeness (QED) is 0.780. The number of nitrogens with one attached hydrogen (secondary N) is 1. The SMILES string of the molecule is CCNC1CC(CC)(CC)Oc2ccc(OC(C)CC)cc21. The maximum Gasteiger partial charge on any atom is 0.125 e. The lowest BCUT2D eigenvalue weighted by Crippen LogP contribution is -2.43. The molecule has 2 unspecified atom stereocenters. The maximum atomic E-state index is 6.39. The molecule has 1 N–H and O–H groups in total. The molecule has 1 aromatic rings. The van der Waals surface area contributed by atoms with Crippen LogP contribution in [0.25, 0.3) is 0 Å². The highest BCUT2D eigenvalue weighted by Gasteiger charge is 2.38. The predicted octanol–water partition coefficient (Wildman–Crippen LogP) is 4.86. The fraction of sp³-hybridized carbons (Fsp3) is 0.684. The number of fused-ring (bicyclic) bond motifs is 1. The zero-order valence-corrected chi connectivity index (χ0v) is 14.7. The van der Waals surface area contributed by atoms with Crippen molar-refractivity contribution in [3.8, 4) is 11.5 Å². The van der Waals surface area contributed by atoms with Crippen molar-refractivity contribution in [3.63, 3.8) is 0 Å². The Hall–Kier alpha value is -1.22. The first-order valence-corrected chi connectivity index (χ1v) is 8.80. The number of hydrogen-bond acceptors (Lipinski definition) is 3. The molecule has 2 rings (SSSR count). The largest absolute Gasteiger partial charge is 0.491 e. The van der Waals surface area contributed by atoms with Crippen LogP contribution in [0, 0.1) is 0 Å². The van der Waals surface area contributed by atoms with E-state index in [1.165, 1.54) is 5.56 Å². The van der Waals surface area contributed by atoms with E-state index in [-0.39, 0.29) is 11.7 Å². The van der Waals surface area contributed by atoms with Crippen molar-refractivity contribution >= 4 is 0 Å². The van der Waals surface area contributed by atoms with E-state index in [0.717, 1.165) is 43.7 Å². The van der Waals surface area contributed by atoms with Crippen LogP contribution in [0.2, 0.25) is 0 Å². The molecule has 2 atom stereocenters. The van der Waals surface area contributed by atoms with Crippen LogP contribution in [0.15, 0.2) is 18.2 Å². The second-order valence-corrected chi connectivity index (χ2v) is 6.34. The molecule has 1 aromatic carbocycles. The van der Waals surface area contributed by atoms with Crippen LogP contribution in [-0.2, 0) is 0 Å². The van der Waals surface area contributed by atoms with E-state index in [4.69, 9.17) is 9.47 Å². The van der Waals surface area contributed by atoms with Gasteiger partial charge in [0.2, 0.25) is 0 Å². The predicted molar refractivity (Wildman–Crippen MR) is 91.8 cm³/mol. The molecular weight excluding hydrogens is 274 g/mol. The molecule has 124 valence electrons. The van der Waals surface area contributed by atoms with Crippen LogP contribution in [0.3, 0.4) is 0 Å². The average Bonchev–Trinajstić information content (AvgIpc) is 2.55. The van der Waals surface area contributed by atoms with E-state index in [2.05, 4.69) is 52.1 Å². The Morgan fingerprint density at radius 2 is 2.00 bits per heavy atom. The lowest BCUT2D eigenvalue weighted by Gasteiger charge is -2.42. The smallest absolute Gasteiger partial charge is 0.125 e. The van der Waals surface area contributed by atoms with Gasteiger partial charge in [-0.3, -0.25) is 0 Å². The fourth-order valence-corrected chi connectivity index (χ4v) is 3.15. The van der Waals surface area contributed by atoms with Gasteiger partial charge in [0.15, 0.2) is 0 Å². The summed E-state index contributed by atoms with van der Waals surface area (Å²) in [6, 6.07) is 6.62. The van der Waals surface area contributed by atoms with Crippen molar-refractivity contribution in [2.45, 2.75) is 78.0 Å². The molecule has 0 aliphatic carbocycles. The minimum atomic E-state index is -0.0427. The lowest BCUT2D eigenvalue weighted by atomic mass is 9.83. The van der Waals surface area contributed by atoms with E-state index in [9.17, 15) is 0 Å². The van der Waals surface area contributed by atoms with Crippen LogP contribution in [0.1, 0.15) is 71.9 Å². The highest BCUT2D eigenvalue weighted by molar-refractivity contribution is 5.44. The summed E-state index contributed by atoms with van der Waals surface area (Å²) < 4.78 is 12.4. The molecule has 0 radical (unpaired) electrons. The van der Waals surface area contributed by atoms with Crippen LogP contribution in [-0.4, -0.2) is 18.2 Å². The molecule has 0 spiro atoms. The average molecular weight is 305 g/mol. The van der Waals surface area contributed by atoms with Crippen molar-refractivity contribution in [2.75, 3.05) is 6.54 Å². The van der Waals surface area contributed by atoms with Gasteiger partial charge in [-0.15, -0.1) is 0 Å². The van der Waals surface area contributed by atoms with Gasteiger partial charge in [0.1, 0.15) is 17.1 Å². The molecule has 22 heavy (non-hydrogen) atoms. The third-order valence-corrected chi connectivity index (χ3v) is 4.91. The summed E-state index contributed by atoms with van der Waals surface area (Å²) in [6.45, 7) is 11.8. The summed E-state index contributed by atoms with van der Waals surface area (Å²) in [5.74, 6) is 1.96. The Bertz CT molecular complexity index is 482. The van der Waals surface area contributed by atoms with E-state index in [1.54, 1.807) is 0 Å². The Morgan fingerprint density at radius 1 is 1.27 bits per heavy atom. The van der Waals surface area contributed by atoms with Crippen molar-refractivity contribution in [3.05, 3.63) is 23.8 Å². The van der Waals surface area contributed by atoms with E-state index in [0.29, 0.717) is 6.04 Å². The number of hydrogen-bond donors (Lipinski definition) is 1.